The summed E-state index contributed by atoms with van der Waals surface area (Å²) in [6.07, 6.45) is 0.198. The number of nitrogens with one attached hydrogen (secondary N) is 1. The highest BCUT2D eigenvalue weighted by Crippen LogP contribution is 2.28. The number of carbonyl (C=O) groups is 1. The first kappa shape index (κ1) is 12.5. The minimum atomic E-state index is -0.434. The van der Waals surface area contributed by atoms with Gasteiger partial charge in [-0.25, -0.2) is 0 Å². The smallest absolute Gasteiger partial charge is 0.265 e. The molecule has 0 spiro atoms. The monoisotopic (exact) mass is 365 g/mol. The van der Waals surface area contributed by atoms with E-state index < -0.39 is 6.10 Å². The fraction of sp³-hybridized carbons (Fsp3) is 0.133. The van der Waals surface area contributed by atoms with Gasteiger partial charge in [-0.15, -0.1) is 0 Å². The predicted octanol–water partition coefficient (Wildman–Crippen LogP) is 3.23. The molecule has 1 unspecified atom stereocenters. The van der Waals surface area contributed by atoms with Crippen LogP contribution < -0.4 is 10.1 Å². The molecule has 0 bridgehead atoms. The van der Waals surface area contributed by atoms with Gasteiger partial charge in [-0.3, -0.25) is 4.79 Å². The summed E-state index contributed by atoms with van der Waals surface area (Å²) in [5.74, 6) is 0.711. The van der Waals surface area contributed by atoms with Crippen LogP contribution in [0.1, 0.15) is 5.56 Å². The highest BCUT2D eigenvalue weighted by molar-refractivity contribution is 14.1. The molecule has 4 heteroatoms. The third-order valence-electron chi connectivity index (χ3n) is 3.05. The van der Waals surface area contributed by atoms with Crippen LogP contribution in [0.4, 0.5) is 5.69 Å². The van der Waals surface area contributed by atoms with Crippen LogP contribution in [0.15, 0.2) is 48.5 Å². The minimum Gasteiger partial charge on any atom is -0.480 e. The van der Waals surface area contributed by atoms with Gasteiger partial charge in [0.05, 0.1) is 0 Å². The number of halogens is 1. The molecule has 1 aliphatic rings. The largest absolute Gasteiger partial charge is 0.480 e. The Kier molecular flexibility index (Phi) is 3.42. The number of fused-ring (bicyclic) bond motifs is 1. The van der Waals surface area contributed by atoms with Gasteiger partial charge in [-0.2, -0.15) is 0 Å². The fourth-order valence-electron chi connectivity index (χ4n) is 2.08. The van der Waals surface area contributed by atoms with Gasteiger partial charge in [0.1, 0.15) is 5.75 Å². The third kappa shape index (κ3) is 2.73. The zero-order chi connectivity index (χ0) is 13.2. The maximum Gasteiger partial charge on any atom is 0.265 e. The van der Waals surface area contributed by atoms with E-state index in [9.17, 15) is 4.79 Å². The van der Waals surface area contributed by atoms with Crippen LogP contribution in [0.3, 0.4) is 0 Å². The lowest BCUT2D eigenvalue weighted by molar-refractivity contribution is -0.122. The summed E-state index contributed by atoms with van der Waals surface area (Å²) in [6, 6.07) is 15.5. The normalized spacial score (nSPS) is 16.6. The molecule has 0 saturated heterocycles. The molecule has 0 aromatic heterocycles. The number of hydrogen-bond acceptors (Lipinski definition) is 2. The van der Waals surface area contributed by atoms with E-state index in [0.29, 0.717) is 6.42 Å². The van der Waals surface area contributed by atoms with Gasteiger partial charge in [-0.05, 0) is 58.5 Å². The van der Waals surface area contributed by atoms with Crippen molar-refractivity contribution in [2.24, 2.45) is 0 Å². The minimum absolute atomic E-state index is 0.0996. The quantitative estimate of drug-likeness (QED) is 0.830. The lowest BCUT2D eigenvalue weighted by Gasteiger charge is -2.11. The van der Waals surface area contributed by atoms with Crippen molar-refractivity contribution in [1.29, 1.82) is 0 Å². The maximum absolute atomic E-state index is 12.1. The molecule has 0 radical (unpaired) electrons. The molecule has 1 N–H and O–H groups in total. The number of anilines is 1. The van der Waals surface area contributed by atoms with Crippen LogP contribution in [0.25, 0.3) is 0 Å². The molecule has 96 valence electrons. The number of para-hydroxylation sites is 1. The molecule has 1 atom stereocenters. The molecule has 0 saturated carbocycles. The Morgan fingerprint density at radius 1 is 1.16 bits per heavy atom. The second-order valence-electron chi connectivity index (χ2n) is 4.41. The van der Waals surface area contributed by atoms with Crippen molar-refractivity contribution in [3.63, 3.8) is 0 Å². The van der Waals surface area contributed by atoms with E-state index >= 15 is 0 Å². The van der Waals surface area contributed by atoms with E-state index in [4.69, 9.17) is 4.74 Å². The first-order chi connectivity index (χ1) is 9.22. The summed E-state index contributed by atoms with van der Waals surface area (Å²) in [5, 5.41) is 2.88. The molecule has 0 fully saturated rings. The number of ether oxygens (including phenoxy) is 1. The molecule has 1 amide bonds. The number of benzene rings is 2. The Morgan fingerprint density at radius 3 is 2.63 bits per heavy atom. The Labute approximate surface area is 125 Å². The zero-order valence-electron chi connectivity index (χ0n) is 10.1. The van der Waals surface area contributed by atoms with Gasteiger partial charge in [-0.1, -0.05) is 18.2 Å². The van der Waals surface area contributed by atoms with Crippen LogP contribution in [0, 0.1) is 3.57 Å². The number of hydrogen-bond donors (Lipinski definition) is 1. The summed E-state index contributed by atoms with van der Waals surface area (Å²) in [5.41, 5.74) is 1.88. The maximum atomic E-state index is 12.1. The average molecular weight is 365 g/mol. The van der Waals surface area contributed by atoms with E-state index in [-0.39, 0.29) is 5.91 Å². The molecule has 3 rings (SSSR count). The van der Waals surface area contributed by atoms with E-state index in [0.717, 1.165) is 20.6 Å². The van der Waals surface area contributed by atoms with Crippen molar-refractivity contribution in [2.45, 2.75) is 12.5 Å². The summed E-state index contributed by atoms with van der Waals surface area (Å²) in [4.78, 5) is 12.1. The van der Waals surface area contributed by atoms with Crippen LogP contribution >= 0.6 is 22.6 Å². The molecular formula is C15H12INO2. The van der Waals surface area contributed by atoms with Crippen molar-refractivity contribution in [3.05, 3.63) is 57.7 Å². The van der Waals surface area contributed by atoms with Gasteiger partial charge >= 0.3 is 0 Å². The van der Waals surface area contributed by atoms with Crippen molar-refractivity contribution in [3.8, 4) is 5.75 Å². The molecule has 2 aromatic rings. The van der Waals surface area contributed by atoms with Crippen molar-refractivity contribution >= 4 is 34.2 Å². The van der Waals surface area contributed by atoms with Crippen LogP contribution in [-0.2, 0) is 11.2 Å². The Bertz CT molecular complexity index is 585. The molecule has 1 heterocycles. The van der Waals surface area contributed by atoms with E-state index in [1.165, 1.54) is 0 Å². The zero-order valence-corrected chi connectivity index (χ0v) is 12.3. The number of rotatable bonds is 2. The molecule has 2 aromatic carbocycles. The van der Waals surface area contributed by atoms with Gasteiger partial charge in [0, 0.05) is 15.7 Å². The first-order valence-electron chi connectivity index (χ1n) is 6.03. The SMILES string of the molecule is O=C(Nc1ccc(I)cc1)C1Cc2ccccc2O1. The van der Waals surface area contributed by atoms with Crippen molar-refractivity contribution < 1.29 is 9.53 Å². The molecule has 0 aliphatic carbocycles. The van der Waals surface area contributed by atoms with Crippen molar-refractivity contribution in [1.82, 2.24) is 0 Å². The van der Waals surface area contributed by atoms with Gasteiger partial charge in [0.2, 0.25) is 0 Å². The highest BCUT2D eigenvalue weighted by atomic mass is 127. The molecule has 3 nitrogen and oxygen atoms in total. The highest BCUT2D eigenvalue weighted by Gasteiger charge is 2.28. The Balaban J connectivity index is 1.68. The second kappa shape index (κ2) is 5.21. The fourth-order valence-corrected chi connectivity index (χ4v) is 2.44. The summed E-state index contributed by atoms with van der Waals surface area (Å²) < 4.78 is 6.79. The first-order valence-corrected chi connectivity index (χ1v) is 7.11. The molecular weight excluding hydrogens is 353 g/mol. The summed E-state index contributed by atoms with van der Waals surface area (Å²) in [6.45, 7) is 0. The van der Waals surface area contributed by atoms with Crippen molar-refractivity contribution in [2.75, 3.05) is 5.32 Å². The number of amides is 1. The predicted molar refractivity (Wildman–Crippen MR) is 82.4 cm³/mol. The summed E-state index contributed by atoms with van der Waals surface area (Å²) >= 11 is 2.23. The second-order valence-corrected chi connectivity index (χ2v) is 5.66. The van der Waals surface area contributed by atoms with E-state index in [1.807, 2.05) is 48.5 Å². The Morgan fingerprint density at radius 2 is 1.89 bits per heavy atom. The van der Waals surface area contributed by atoms with Crippen LogP contribution in [0.2, 0.25) is 0 Å². The number of carbonyl (C=O) groups excluding carboxylic acids is 1. The third-order valence-corrected chi connectivity index (χ3v) is 3.77. The lowest BCUT2D eigenvalue weighted by Crippen LogP contribution is -2.31. The van der Waals surface area contributed by atoms with Crippen LogP contribution in [0.5, 0.6) is 5.75 Å². The van der Waals surface area contributed by atoms with Gasteiger partial charge < -0.3 is 10.1 Å². The van der Waals surface area contributed by atoms with Gasteiger partial charge in [0.15, 0.2) is 6.10 Å². The van der Waals surface area contributed by atoms with E-state index in [2.05, 4.69) is 27.9 Å². The lowest BCUT2D eigenvalue weighted by atomic mass is 10.1. The summed E-state index contributed by atoms with van der Waals surface area (Å²) in [7, 11) is 0. The standard InChI is InChI=1S/C15H12INO2/c16-11-5-7-12(8-6-11)17-15(18)14-9-10-3-1-2-4-13(10)19-14/h1-8,14H,9H2,(H,17,18). The van der Waals surface area contributed by atoms with E-state index in [1.54, 1.807) is 0 Å². The molecule has 19 heavy (non-hydrogen) atoms. The van der Waals surface area contributed by atoms with Crippen LogP contribution in [-0.4, -0.2) is 12.0 Å². The average Bonchev–Trinajstić information content (AvgIpc) is 2.85. The van der Waals surface area contributed by atoms with Gasteiger partial charge in [0.25, 0.3) is 5.91 Å². The molecule has 1 aliphatic heterocycles. The topological polar surface area (TPSA) is 38.3 Å². The Hall–Kier alpha value is -1.56.